The van der Waals surface area contributed by atoms with Crippen molar-refractivity contribution in [2.45, 2.75) is 446 Å². The third kappa shape index (κ3) is 74.9. The SMILES string of the molecule is CCC(C)CCCCCCCCC(=O)OC[C@H](COP(=O)(O)OC[C@H](O)COP(=O)(O)OC[C@@H](COC(=O)CCCCCCCCCCCCCCCCC(C)C)OC(=O)CCCCCCCCCCCCCCCC(C)C)OC(=O)CCCCCCCCCCCCCCCCCCC(C)C. The lowest BCUT2D eigenvalue weighted by Crippen LogP contribution is -2.30. The Morgan fingerprint density at radius 1 is 0.275 bits per heavy atom. The molecule has 0 spiro atoms. The molecule has 0 fully saturated rings. The number of phosphoric acid groups is 2. The monoisotopic (exact) mass is 1490 g/mol. The van der Waals surface area contributed by atoms with Crippen LogP contribution in [0.15, 0.2) is 0 Å². The second kappa shape index (κ2) is 72.0. The Balaban J connectivity index is 5.24. The molecule has 0 radical (unpaired) electrons. The number of carbonyl (C=O) groups is 4. The molecule has 3 N–H and O–H groups in total. The van der Waals surface area contributed by atoms with E-state index in [2.05, 4.69) is 55.4 Å². The number of rotatable bonds is 80. The van der Waals surface area contributed by atoms with Gasteiger partial charge in [-0.3, -0.25) is 37.3 Å². The van der Waals surface area contributed by atoms with E-state index in [1.807, 2.05) is 0 Å². The van der Waals surface area contributed by atoms with E-state index in [1.54, 1.807) is 0 Å². The van der Waals surface area contributed by atoms with Gasteiger partial charge < -0.3 is 33.8 Å². The summed E-state index contributed by atoms with van der Waals surface area (Å²) in [5, 5.41) is 10.7. The lowest BCUT2D eigenvalue weighted by Gasteiger charge is -2.21. The van der Waals surface area contributed by atoms with E-state index < -0.39 is 97.5 Å². The molecule has 102 heavy (non-hydrogen) atoms. The zero-order valence-electron chi connectivity index (χ0n) is 67.2. The fraction of sp³-hybridized carbons (Fsp3) is 0.952. The Labute approximate surface area is 626 Å². The van der Waals surface area contributed by atoms with Gasteiger partial charge in [0, 0.05) is 25.7 Å². The van der Waals surface area contributed by atoms with Gasteiger partial charge in [0.1, 0.15) is 19.3 Å². The molecule has 0 aliphatic heterocycles. The van der Waals surface area contributed by atoms with Crippen LogP contribution in [0.4, 0.5) is 0 Å². The van der Waals surface area contributed by atoms with Crippen LogP contribution in [0, 0.1) is 23.7 Å². The Morgan fingerprint density at radius 2 is 0.471 bits per heavy atom. The number of aliphatic hydroxyl groups is 1. The molecule has 0 saturated heterocycles. The van der Waals surface area contributed by atoms with Crippen LogP contribution in [0.1, 0.15) is 428 Å². The van der Waals surface area contributed by atoms with Gasteiger partial charge in [-0.15, -0.1) is 0 Å². The normalized spacial score (nSPS) is 14.3. The molecule has 3 unspecified atom stereocenters. The smallest absolute Gasteiger partial charge is 0.462 e. The summed E-state index contributed by atoms with van der Waals surface area (Å²) in [6.45, 7) is 14.3. The first kappa shape index (κ1) is 100. The van der Waals surface area contributed by atoms with Crippen molar-refractivity contribution in [2.75, 3.05) is 39.6 Å². The lowest BCUT2D eigenvalue weighted by atomic mass is 10.00. The van der Waals surface area contributed by atoms with Crippen LogP contribution >= 0.6 is 15.6 Å². The van der Waals surface area contributed by atoms with Crippen molar-refractivity contribution in [3.8, 4) is 0 Å². The number of hydrogen-bond acceptors (Lipinski definition) is 15. The molecule has 0 amide bonds. The molecule has 19 heteroatoms. The molecule has 0 aliphatic carbocycles. The van der Waals surface area contributed by atoms with Crippen molar-refractivity contribution in [1.29, 1.82) is 0 Å². The van der Waals surface area contributed by atoms with Crippen LogP contribution in [-0.4, -0.2) is 96.7 Å². The highest BCUT2D eigenvalue weighted by Crippen LogP contribution is 2.45. The largest absolute Gasteiger partial charge is 0.472 e. The van der Waals surface area contributed by atoms with Gasteiger partial charge in [-0.1, -0.05) is 376 Å². The van der Waals surface area contributed by atoms with Gasteiger partial charge in [0.2, 0.25) is 0 Å². The maximum absolute atomic E-state index is 13.1. The van der Waals surface area contributed by atoms with Crippen molar-refractivity contribution in [3.63, 3.8) is 0 Å². The van der Waals surface area contributed by atoms with Crippen LogP contribution in [-0.2, 0) is 65.4 Å². The first-order valence-corrected chi connectivity index (χ1v) is 45.7. The number of hydrogen-bond donors (Lipinski definition) is 3. The molecule has 0 saturated carbocycles. The van der Waals surface area contributed by atoms with E-state index in [0.717, 1.165) is 120 Å². The molecule has 0 rings (SSSR count). The predicted molar refractivity (Wildman–Crippen MR) is 418 cm³/mol. The van der Waals surface area contributed by atoms with E-state index >= 15 is 0 Å². The first-order chi connectivity index (χ1) is 49.1. The molecule has 0 heterocycles. The highest BCUT2D eigenvalue weighted by molar-refractivity contribution is 7.47. The highest BCUT2D eigenvalue weighted by atomic mass is 31.2. The Bertz CT molecular complexity index is 1990. The predicted octanol–water partition coefficient (Wildman–Crippen LogP) is 24.8. The maximum Gasteiger partial charge on any atom is 0.472 e. The Kier molecular flexibility index (Phi) is 70.6. The average Bonchev–Trinajstić information content (AvgIpc) is 0.917. The van der Waals surface area contributed by atoms with E-state index in [1.165, 1.54) is 225 Å². The summed E-state index contributed by atoms with van der Waals surface area (Å²) < 4.78 is 68.8. The molecular formula is C83H162O17P2. The summed E-state index contributed by atoms with van der Waals surface area (Å²) in [5.41, 5.74) is 0. The Morgan fingerprint density at radius 3 is 0.696 bits per heavy atom. The number of aliphatic hydroxyl groups excluding tert-OH is 1. The topological polar surface area (TPSA) is 237 Å². The maximum atomic E-state index is 13.1. The van der Waals surface area contributed by atoms with Gasteiger partial charge in [-0.2, -0.15) is 0 Å². The lowest BCUT2D eigenvalue weighted by molar-refractivity contribution is -0.161. The zero-order valence-corrected chi connectivity index (χ0v) is 69.0. The van der Waals surface area contributed by atoms with Gasteiger partial charge in [-0.25, -0.2) is 9.13 Å². The van der Waals surface area contributed by atoms with Gasteiger partial charge in [-0.05, 0) is 49.4 Å². The zero-order chi connectivity index (χ0) is 75.3. The standard InChI is InChI=1S/C83H162O17P2/c1-9-76(8)62-54-46-41-42-48-56-64-81(86)94-70-79(100-83(88)65-57-49-39-33-27-21-13-11-10-12-17-23-29-35-43-51-59-73(2)3)72-98-102(91,92)96-68-77(84)67-95-101(89,90)97-71-78(99-82(87)66-58-50-40-34-28-22-16-19-25-31-37-45-53-61-75(6)7)69-93-80(85)63-55-47-38-32-26-20-15-14-18-24-30-36-44-52-60-74(4)5/h73-79,84H,9-72H2,1-8H3,(H,89,90)(H,91,92)/t76?,77-,78-,79-/m1/s1. The number of unbranched alkanes of at least 4 members (excludes halogenated alkanes) is 45. The van der Waals surface area contributed by atoms with Gasteiger partial charge in [0.15, 0.2) is 12.2 Å². The van der Waals surface area contributed by atoms with E-state index in [-0.39, 0.29) is 25.7 Å². The molecule has 0 aliphatic rings. The van der Waals surface area contributed by atoms with Gasteiger partial charge in [0.05, 0.1) is 26.4 Å². The van der Waals surface area contributed by atoms with Crippen LogP contribution < -0.4 is 0 Å². The molecule has 606 valence electrons. The minimum atomic E-state index is -4.96. The minimum absolute atomic E-state index is 0.107. The van der Waals surface area contributed by atoms with Crippen molar-refractivity contribution in [3.05, 3.63) is 0 Å². The summed E-state index contributed by atoms with van der Waals surface area (Å²) in [6.07, 6.45) is 59.7. The summed E-state index contributed by atoms with van der Waals surface area (Å²) >= 11 is 0. The van der Waals surface area contributed by atoms with Crippen molar-refractivity contribution >= 4 is 39.5 Å². The van der Waals surface area contributed by atoms with Crippen molar-refractivity contribution in [1.82, 2.24) is 0 Å². The third-order valence-electron chi connectivity index (χ3n) is 19.7. The second-order valence-corrected chi connectivity index (χ2v) is 34.4. The van der Waals surface area contributed by atoms with Crippen molar-refractivity contribution < 1.29 is 80.2 Å². The van der Waals surface area contributed by atoms with Crippen LogP contribution in [0.2, 0.25) is 0 Å². The molecule has 6 atom stereocenters. The summed E-state index contributed by atoms with van der Waals surface area (Å²) in [5.74, 6) is 1.01. The summed E-state index contributed by atoms with van der Waals surface area (Å²) in [7, 11) is -9.93. The average molecular weight is 1490 g/mol. The summed E-state index contributed by atoms with van der Waals surface area (Å²) in [4.78, 5) is 73.1. The molecule has 0 aromatic heterocycles. The van der Waals surface area contributed by atoms with Crippen LogP contribution in [0.25, 0.3) is 0 Å². The van der Waals surface area contributed by atoms with E-state index in [4.69, 9.17) is 37.0 Å². The molecule has 17 nitrogen and oxygen atoms in total. The molecule has 0 bridgehead atoms. The first-order valence-electron chi connectivity index (χ1n) is 42.7. The van der Waals surface area contributed by atoms with Gasteiger partial charge >= 0.3 is 39.5 Å². The fourth-order valence-corrected chi connectivity index (χ4v) is 14.3. The summed E-state index contributed by atoms with van der Waals surface area (Å²) in [6, 6.07) is 0. The molecule has 0 aromatic carbocycles. The second-order valence-electron chi connectivity index (χ2n) is 31.5. The fourth-order valence-electron chi connectivity index (χ4n) is 12.8. The number of ether oxygens (including phenoxy) is 4. The van der Waals surface area contributed by atoms with Crippen LogP contribution in [0.5, 0.6) is 0 Å². The third-order valence-corrected chi connectivity index (χ3v) is 21.6. The number of phosphoric ester groups is 2. The molecular weight excluding hydrogens is 1330 g/mol. The van der Waals surface area contributed by atoms with Crippen LogP contribution in [0.3, 0.4) is 0 Å². The highest BCUT2D eigenvalue weighted by Gasteiger charge is 2.30. The quantitative estimate of drug-likeness (QED) is 0.0222. The minimum Gasteiger partial charge on any atom is -0.462 e. The number of carbonyl (C=O) groups excluding carboxylic acids is 4. The van der Waals surface area contributed by atoms with E-state index in [9.17, 15) is 43.2 Å². The number of esters is 4. The molecule has 0 aromatic rings. The van der Waals surface area contributed by atoms with Crippen molar-refractivity contribution in [2.24, 2.45) is 23.7 Å². The van der Waals surface area contributed by atoms with E-state index in [0.29, 0.717) is 25.7 Å². The van der Waals surface area contributed by atoms with Gasteiger partial charge in [0.25, 0.3) is 0 Å². The Hall–Kier alpha value is -1.94.